The summed E-state index contributed by atoms with van der Waals surface area (Å²) in [5.41, 5.74) is 6.65. The first-order valence-corrected chi connectivity index (χ1v) is 6.33. The average molecular weight is 213 g/mol. The Hall–Kier alpha value is -0.0400. The first-order valence-electron chi connectivity index (χ1n) is 6.33. The Labute approximate surface area is 96.8 Å². The third-order valence-corrected chi connectivity index (χ3v) is 3.20. The third-order valence-electron chi connectivity index (χ3n) is 3.20. The first kappa shape index (κ1) is 15.0. The lowest BCUT2D eigenvalue weighted by atomic mass is 9.76. The van der Waals surface area contributed by atoms with Crippen molar-refractivity contribution < 1.29 is 0 Å². The minimum atomic E-state index is -0.0357. The lowest BCUT2D eigenvalue weighted by molar-refractivity contribution is 0.211. The molecule has 0 aliphatic rings. The minimum absolute atomic E-state index is 0.0357. The molecule has 0 aromatic heterocycles. The molecular weight excluding hydrogens is 182 g/mol. The van der Waals surface area contributed by atoms with Gasteiger partial charge >= 0.3 is 0 Å². The molecule has 0 radical (unpaired) electrons. The maximum absolute atomic E-state index is 6.23. The van der Waals surface area contributed by atoms with Crippen molar-refractivity contribution in [2.24, 2.45) is 23.0 Å². The van der Waals surface area contributed by atoms with Crippen LogP contribution in [0, 0.1) is 17.3 Å². The molecule has 0 spiro atoms. The van der Waals surface area contributed by atoms with Crippen molar-refractivity contribution in [3.05, 3.63) is 0 Å². The van der Waals surface area contributed by atoms with Gasteiger partial charge in [0.15, 0.2) is 0 Å². The normalized spacial score (nSPS) is 15.8. The van der Waals surface area contributed by atoms with Crippen molar-refractivity contribution in [3.8, 4) is 0 Å². The van der Waals surface area contributed by atoms with E-state index in [1.54, 1.807) is 0 Å². The molecule has 0 saturated carbocycles. The molecule has 1 heteroatoms. The third kappa shape index (κ3) is 6.94. The molecule has 15 heavy (non-hydrogen) atoms. The Morgan fingerprint density at radius 3 is 1.73 bits per heavy atom. The Balaban J connectivity index is 4.11. The van der Waals surface area contributed by atoms with Crippen molar-refractivity contribution in [2.45, 2.75) is 73.3 Å². The maximum atomic E-state index is 6.23. The molecule has 0 bridgehead atoms. The maximum Gasteiger partial charge on any atom is 0.0128 e. The van der Waals surface area contributed by atoms with Gasteiger partial charge in [0.1, 0.15) is 0 Å². The molecule has 0 aromatic carbocycles. The van der Waals surface area contributed by atoms with Gasteiger partial charge in [0, 0.05) is 5.54 Å². The van der Waals surface area contributed by atoms with Crippen LogP contribution >= 0.6 is 0 Å². The minimum Gasteiger partial charge on any atom is -0.325 e. The zero-order valence-electron chi connectivity index (χ0n) is 11.9. The zero-order valence-corrected chi connectivity index (χ0v) is 11.9. The van der Waals surface area contributed by atoms with Crippen LogP contribution in [0.3, 0.4) is 0 Å². The predicted molar refractivity (Wildman–Crippen MR) is 69.9 cm³/mol. The zero-order chi connectivity index (χ0) is 12.3. The molecule has 92 valence electrons. The van der Waals surface area contributed by atoms with E-state index in [2.05, 4.69) is 48.5 Å². The van der Waals surface area contributed by atoms with E-state index in [1.165, 1.54) is 19.3 Å². The van der Waals surface area contributed by atoms with Crippen LogP contribution in [0.25, 0.3) is 0 Å². The predicted octanol–water partition coefficient (Wildman–Crippen LogP) is 4.21. The summed E-state index contributed by atoms with van der Waals surface area (Å²) >= 11 is 0. The van der Waals surface area contributed by atoms with E-state index in [0.717, 1.165) is 0 Å². The summed E-state index contributed by atoms with van der Waals surface area (Å²) in [5, 5.41) is 0. The summed E-state index contributed by atoms with van der Waals surface area (Å²) in [6.07, 6.45) is 3.86. The summed E-state index contributed by atoms with van der Waals surface area (Å²) in [6, 6.07) is 0. The van der Waals surface area contributed by atoms with Crippen LogP contribution in [0.4, 0.5) is 0 Å². The first-order chi connectivity index (χ1) is 6.54. The van der Waals surface area contributed by atoms with Gasteiger partial charge in [-0.2, -0.15) is 0 Å². The van der Waals surface area contributed by atoms with E-state index in [-0.39, 0.29) is 5.54 Å². The number of hydrogen-bond acceptors (Lipinski definition) is 1. The highest BCUT2D eigenvalue weighted by Gasteiger charge is 2.27. The quantitative estimate of drug-likeness (QED) is 0.727. The highest BCUT2D eigenvalue weighted by Crippen LogP contribution is 2.30. The molecule has 0 aromatic rings. The van der Waals surface area contributed by atoms with Crippen LogP contribution in [0.2, 0.25) is 0 Å². The van der Waals surface area contributed by atoms with Crippen LogP contribution in [0.1, 0.15) is 67.7 Å². The van der Waals surface area contributed by atoms with Crippen molar-refractivity contribution in [1.29, 1.82) is 0 Å². The van der Waals surface area contributed by atoms with Gasteiger partial charge < -0.3 is 5.73 Å². The average Bonchev–Trinajstić information content (AvgIpc) is 1.92. The van der Waals surface area contributed by atoms with E-state index in [1.807, 2.05) is 0 Å². The van der Waals surface area contributed by atoms with Gasteiger partial charge in [-0.25, -0.2) is 0 Å². The summed E-state index contributed by atoms with van der Waals surface area (Å²) in [7, 11) is 0. The molecule has 0 heterocycles. The lowest BCUT2D eigenvalue weighted by Crippen LogP contribution is -2.43. The van der Waals surface area contributed by atoms with Crippen molar-refractivity contribution >= 4 is 0 Å². The van der Waals surface area contributed by atoms with Crippen LogP contribution < -0.4 is 5.73 Å². The van der Waals surface area contributed by atoms with Crippen molar-refractivity contribution in [1.82, 2.24) is 0 Å². The fourth-order valence-corrected chi connectivity index (χ4v) is 2.42. The Morgan fingerprint density at radius 1 is 1.00 bits per heavy atom. The van der Waals surface area contributed by atoms with Gasteiger partial charge in [0.2, 0.25) is 0 Å². The molecule has 0 amide bonds. The largest absolute Gasteiger partial charge is 0.325 e. The second-order valence-corrected chi connectivity index (χ2v) is 7.12. The van der Waals surface area contributed by atoms with E-state index in [9.17, 15) is 0 Å². The van der Waals surface area contributed by atoms with Crippen LogP contribution in [0.15, 0.2) is 0 Å². The molecular formula is C14H31N. The van der Waals surface area contributed by atoms with Gasteiger partial charge in [-0.15, -0.1) is 0 Å². The van der Waals surface area contributed by atoms with Gasteiger partial charge in [0.05, 0.1) is 0 Å². The van der Waals surface area contributed by atoms with E-state index < -0.39 is 0 Å². The van der Waals surface area contributed by atoms with Crippen LogP contribution in [-0.2, 0) is 0 Å². The highest BCUT2D eigenvalue weighted by atomic mass is 14.7. The molecule has 0 aliphatic heterocycles. The van der Waals surface area contributed by atoms with Crippen LogP contribution in [-0.4, -0.2) is 5.54 Å². The molecule has 1 atom stereocenters. The highest BCUT2D eigenvalue weighted by molar-refractivity contribution is 4.84. The van der Waals surface area contributed by atoms with Crippen molar-refractivity contribution in [3.63, 3.8) is 0 Å². The molecule has 0 saturated heterocycles. The fourth-order valence-electron chi connectivity index (χ4n) is 2.42. The van der Waals surface area contributed by atoms with Gasteiger partial charge in [-0.3, -0.25) is 0 Å². The molecule has 0 aliphatic carbocycles. The van der Waals surface area contributed by atoms with Gasteiger partial charge in [-0.1, -0.05) is 41.0 Å². The monoisotopic (exact) mass is 213 g/mol. The number of rotatable bonds is 5. The second-order valence-electron chi connectivity index (χ2n) is 7.12. The van der Waals surface area contributed by atoms with E-state index in [4.69, 9.17) is 5.73 Å². The number of hydrogen-bond donors (Lipinski definition) is 1. The molecule has 1 nitrogen and oxygen atoms in total. The Kier molecular flexibility index (Phi) is 5.32. The van der Waals surface area contributed by atoms with E-state index in [0.29, 0.717) is 17.3 Å². The van der Waals surface area contributed by atoms with Crippen LogP contribution in [0.5, 0.6) is 0 Å². The lowest BCUT2D eigenvalue weighted by Gasteiger charge is -2.34. The molecule has 1 unspecified atom stereocenters. The smallest absolute Gasteiger partial charge is 0.0128 e. The van der Waals surface area contributed by atoms with Gasteiger partial charge in [-0.05, 0) is 43.9 Å². The fraction of sp³-hybridized carbons (Fsp3) is 1.00. The van der Waals surface area contributed by atoms with Gasteiger partial charge in [0.25, 0.3) is 0 Å². The summed E-state index contributed by atoms with van der Waals surface area (Å²) in [4.78, 5) is 0. The van der Waals surface area contributed by atoms with Crippen molar-refractivity contribution in [2.75, 3.05) is 0 Å². The van der Waals surface area contributed by atoms with E-state index >= 15 is 0 Å². The SMILES string of the molecule is CC(C)C(CCCC(C)(C)C)C(C)(C)N. The molecule has 2 N–H and O–H groups in total. The number of nitrogens with two attached hydrogens (primary N) is 1. The summed E-state index contributed by atoms with van der Waals surface area (Å²) in [5.74, 6) is 1.32. The molecule has 0 rings (SSSR count). The Bertz CT molecular complexity index is 169. The Morgan fingerprint density at radius 2 is 1.47 bits per heavy atom. The summed E-state index contributed by atoms with van der Waals surface area (Å²) in [6.45, 7) is 15.8. The standard InChI is InChI=1S/C14H31N/c1-11(2)12(14(6,7)15)9-8-10-13(3,4)5/h11-12H,8-10,15H2,1-7H3. The summed E-state index contributed by atoms with van der Waals surface area (Å²) < 4.78 is 0. The molecule has 0 fully saturated rings. The topological polar surface area (TPSA) is 26.0 Å². The second kappa shape index (κ2) is 5.34.